The lowest BCUT2D eigenvalue weighted by Crippen LogP contribution is -2.38. The van der Waals surface area contributed by atoms with Crippen molar-refractivity contribution in [3.8, 4) is 6.07 Å². The van der Waals surface area contributed by atoms with Crippen molar-refractivity contribution in [2.45, 2.75) is 84.6 Å². The molecule has 1 saturated carbocycles. The van der Waals surface area contributed by atoms with Crippen molar-refractivity contribution in [3.05, 3.63) is 28.8 Å². The molecule has 0 aromatic heterocycles. The van der Waals surface area contributed by atoms with Gasteiger partial charge in [0.1, 0.15) is 0 Å². The van der Waals surface area contributed by atoms with Crippen LogP contribution in [0.2, 0.25) is 0 Å². The minimum Gasteiger partial charge on any atom is -0.462 e. The molecule has 2 rings (SSSR count). The van der Waals surface area contributed by atoms with Crippen molar-refractivity contribution < 1.29 is 14.3 Å². The lowest BCUT2D eigenvalue weighted by atomic mass is 10.0. The number of nitrogens with one attached hydrogen (secondary N) is 2. The Hall–Kier alpha value is -2.39. The topological polar surface area (TPSA) is 91.2 Å². The second-order valence-electron chi connectivity index (χ2n) is 7.64. The van der Waals surface area contributed by atoms with Gasteiger partial charge < -0.3 is 15.4 Å². The number of anilines is 1. The summed E-state index contributed by atoms with van der Waals surface area (Å²) in [7, 11) is 1.72. The summed E-state index contributed by atoms with van der Waals surface area (Å²) in [5.74, 6) is -0.771. The first-order valence-corrected chi connectivity index (χ1v) is 11.2. The third-order valence-electron chi connectivity index (χ3n) is 5.20. The van der Waals surface area contributed by atoms with E-state index in [1.807, 2.05) is 13.0 Å². The van der Waals surface area contributed by atoms with Gasteiger partial charge in [0.05, 0.1) is 35.5 Å². The summed E-state index contributed by atoms with van der Waals surface area (Å²) in [6, 6.07) is 4.74. The Balaban J connectivity index is 0.000000539. The van der Waals surface area contributed by atoms with Gasteiger partial charge in [-0.05, 0) is 45.0 Å². The van der Waals surface area contributed by atoms with Crippen molar-refractivity contribution in [3.63, 3.8) is 0 Å². The molecule has 1 fully saturated rings. The van der Waals surface area contributed by atoms with Gasteiger partial charge in [0, 0.05) is 0 Å². The van der Waals surface area contributed by atoms with Crippen LogP contribution in [-0.2, 0) is 9.53 Å². The van der Waals surface area contributed by atoms with Crippen LogP contribution in [0.5, 0.6) is 0 Å². The first-order valence-electron chi connectivity index (χ1n) is 11.2. The predicted octanol–water partition coefficient (Wildman–Crippen LogP) is 5.10. The molecule has 0 aliphatic heterocycles. The maximum atomic E-state index is 12.4. The van der Waals surface area contributed by atoms with Crippen LogP contribution in [0.1, 0.15) is 93.1 Å². The number of nitriles is 1. The van der Waals surface area contributed by atoms with Crippen LogP contribution in [0.15, 0.2) is 12.1 Å². The van der Waals surface area contributed by atoms with Gasteiger partial charge in [0.15, 0.2) is 0 Å². The number of hydrogen-bond acceptors (Lipinski definition) is 5. The van der Waals surface area contributed by atoms with E-state index in [1.54, 1.807) is 27.0 Å². The van der Waals surface area contributed by atoms with E-state index in [4.69, 9.17) is 10.00 Å². The van der Waals surface area contributed by atoms with Gasteiger partial charge in [-0.25, -0.2) is 4.79 Å². The average Bonchev–Trinajstić information content (AvgIpc) is 3.06. The Morgan fingerprint density at radius 2 is 1.67 bits per heavy atom. The van der Waals surface area contributed by atoms with Crippen LogP contribution in [0.25, 0.3) is 0 Å². The molecule has 1 aromatic carbocycles. The van der Waals surface area contributed by atoms with Gasteiger partial charge in [-0.15, -0.1) is 0 Å². The zero-order chi connectivity index (χ0) is 22.4. The first kappa shape index (κ1) is 25.6. The van der Waals surface area contributed by atoms with E-state index < -0.39 is 5.97 Å². The molecule has 1 atom stereocenters. The van der Waals surface area contributed by atoms with Crippen molar-refractivity contribution in [1.82, 2.24) is 5.32 Å². The minimum atomic E-state index is -0.556. The number of hydrogen-bond donors (Lipinski definition) is 2. The fourth-order valence-corrected chi connectivity index (χ4v) is 3.53. The van der Waals surface area contributed by atoms with Gasteiger partial charge >= 0.3 is 5.97 Å². The fraction of sp³-hybridized carbons (Fsp3) is 0.625. The standard InChI is InChI=1S/C17H23N3O3.C7H14/c1-5-7-14(19-4)16(21)20-15-11(3)8-12(10-18)9-13(15)17(22)23-6-2;1-2-4-6-7-5-3-1/h8-9,14,19H,5-7H2,1-4H3,(H,20,21);1-7H2. The molecule has 6 heteroatoms. The predicted molar refractivity (Wildman–Crippen MR) is 121 cm³/mol. The van der Waals surface area contributed by atoms with Crippen LogP contribution in [0.4, 0.5) is 5.69 Å². The molecular formula is C24H37N3O3. The van der Waals surface area contributed by atoms with E-state index in [-0.39, 0.29) is 24.1 Å². The van der Waals surface area contributed by atoms with Crippen LogP contribution >= 0.6 is 0 Å². The van der Waals surface area contributed by atoms with Gasteiger partial charge in [-0.3, -0.25) is 4.79 Å². The largest absolute Gasteiger partial charge is 0.462 e. The molecule has 1 aromatic rings. The molecular weight excluding hydrogens is 378 g/mol. The monoisotopic (exact) mass is 415 g/mol. The van der Waals surface area contributed by atoms with E-state index >= 15 is 0 Å². The summed E-state index contributed by atoms with van der Waals surface area (Å²) in [6.45, 7) is 5.66. The third kappa shape index (κ3) is 8.54. The third-order valence-corrected chi connectivity index (χ3v) is 5.20. The van der Waals surface area contributed by atoms with Crippen molar-refractivity contribution in [1.29, 1.82) is 5.26 Å². The second kappa shape index (κ2) is 14.6. The number of carbonyl (C=O) groups excluding carboxylic acids is 2. The molecule has 0 spiro atoms. The van der Waals surface area contributed by atoms with Crippen LogP contribution < -0.4 is 10.6 Å². The average molecular weight is 416 g/mol. The number of rotatable bonds is 7. The molecule has 1 aliphatic carbocycles. The number of esters is 1. The maximum Gasteiger partial charge on any atom is 0.340 e. The summed E-state index contributed by atoms with van der Waals surface area (Å²) in [5, 5.41) is 14.8. The molecule has 166 valence electrons. The number of nitrogens with zero attached hydrogens (tertiary/aromatic N) is 1. The molecule has 0 saturated heterocycles. The Bertz CT molecular complexity index is 705. The van der Waals surface area contributed by atoms with E-state index in [1.165, 1.54) is 51.0 Å². The van der Waals surface area contributed by atoms with Gasteiger partial charge in [-0.2, -0.15) is 5.26 Å². The van der Waals surface area contributed by atoms with E-state index in [0.717, 1.165) is 6.42 Å². The highest BCUT2D eigenvalue weighted by molar-refractivity contribution is 6.04. The number of carbonyl (C=O) groups is 2. The molecule has 2 N–H and O–H groups in total. The number of amides is 1. The minimum absolute atomic E-state index is 0.197. The molecule has 6 nitrogen and oxygen atoms in total. The molecule has 30 heavy (non-hydrogen) atoms. The highest BCUT2D eigenvalue weighted by Crippen LogP contribution is 2.24. The lowest BCUT2D eigenvalue weighted by Gasteiger charge is -2.18. The molecule has 1 unspecified atom stereocenters. The lowest BCUT2D eigenvalue weighted by molar-refractivity contribution is -0.118. The Morgan fingerprint density at radius 1 is 1.10 bits per heavy atom. The number of likely N-dealkylation sites (N-methyl/N-ethyl adjacent to an activating group) is 1. The number of aryl methyl sites for hydroxylation is 1. The summed E-state index contributed by atoms with van der Waals surface area (Å²) < 4.78 is 5.02. The second-order valence-corrected chi connectivity index (χ2v) is 7.64. The first-order chi connectivity index (χ1) is 14.5. The SMILES string of the molecule is C1CCCCCC1.CCCC(NC)C(=O)Nc1c(C)cc(C#N)cc1C(=O)OCC. The Labute approximate surface area is 181 Å². The Kier molecular flexibility index (Phi) is 12.5. The fourth-order valence-electron chi connectivity index (χ4n) is 3.53. The van der Waals surface area contributed by atoms with E-state index in [0.29, 0.717) is 23.2 Å². The van der Waals surface area contributed by atoms with E-state index in [9.17, 15) is 9.59 Å². The normalized spacial score (nSPS) is 14.4. The summed E-state index contributed by atoms with van der Waals surface area (Å²) >= 11 is 0. The van der Waals surface area contributed by atoms with Gasteiger partial charge in [-0.1, -0.05) is 58.3 Å². The highest BCUT2D eigenvalue weighted by Gasteiger charge is 2.21. The maximum absolute atomic E-state index is 12.4. The quantitative estimate of drug-likeness (QED) is 0.477. The van der Waals surface area contributed by atoms with Crippen LogP contribution in [0.3, 0.4) is 0 Å². The highest BCUT2D eigenvalue weighted by atomic mass is 16.5. The molecule has 1 aliphatic rings. The Morgan fingerprint density at radius 3 is 2.10 bits per heavy atom. The van der Waals surface area contributed by atoms with Crippen LogP contribution in [0, 0.1) is 18.3 Å². The van der Waals surface area contributed by atoms with Gasteiger partial charge in [0.25, 0.3) is 0 Å². The van der Waals surface area contributed by atoms with Crippen LogP contribution in [-0.4, -0.2) is 31.6 Å². The smallest absolute Gasteiger partial charge is 0.340 e. The molecule has 0 bridgehead atoms. The van der Waals surface area contributed by atoms with Crippen molar-refractivity contribution in [2.75, 3.05) is 19.0 Å². The molecule has 0 heterocycles. The molecule has 0 radical (unpaired) electrons. The van der Waals surface area contributed by atoms with E-state index in [2.05, 4.69) is 10.6 Å². The summed E-state index contributed by atoms with van der Waals surface area (Å²) in [5.41, 5.74) is 1.58. The zero-order valence-corrected chi connectivity index (χ0v) is 19.0. The molecule has 1 amide bonds. The summed E-state index contributed by atoms with van der Waals surface area (Å²) in [6.07, 6.45) is 12.0. The van der Waals surface area contributed by atoms with Crippen molar-refractivity contribution in [2.24, 2.45) is 0 Å². The van der Waals surface area contributed by atoms with Gasteiger partial charge in [0.2, 0.25) is 5.91 Å². The summed E-state index contributed by atoms with van der Waals surface area (Å²) in [4.78, 5) is 24.5. The van der Waals surface area contributed by atoms with Crippen molar-refractivity contribution >= 4 is 17.6 Å². The number of ether oxygens (including phenoxy) is 1. The zero-order valence-electron chi connectivity index (χ0n) is 19.0. The number of benzene rings is 1.